The smallest absolute Gasteiger partial charge is 0.0412 e. The first kappa shape index (κ1) is 10.0. The quantitative estimate of drug-likeness (QED) is 0.683. The third kappa shape index (κ3) is 2.28. The van der Waals surface area contributed by atoms with E-state index in [9.17, 15) is 0 Å². The lowest BCUT2D eigenvalue weighted by molar-refractivity contribution is 1.60. The standard InChI is InChI=1S/C14H11Cl/c1-2-11-6-8-12(9-7-11)13-4-3-5-14(15)10-13/h2-10H,1H2. The van der Waals surface area contributed by atoms with Gasteiger partial charge < -0.3 is 0 Å². The van der Waals surface area contributed by atoms with Gasteiger partial charge in [0.15, 0.2) is 0 Å². The third-order valence-corrected chi connectivity index (χ3v) is 2.54. The molecule has 0 N–H and O–H groups in total. The van der Waals surface area contributed by atoms with Crippen LogP contribution in [0, 0.1) is 0 Å². The first-order chi connectivity index (χ1) is 7.29. The van der Waals surface area contributed by atoms with Crippen LogP contribution >= 0.6 is 11.6 Å². The highest BCUT2D eigenvalue weighted by molar-refractivity contribution is 6.30. The number of benzene rings is 2. The molecule has 0 aliphatic rings. The van der Waals surface area contributed by atoms with Crippen molar-refractivity contribution in [3.05, 3.63) is 65.7 Å². The average molecular weight is 215 g/mol. The van der Waals surface area contributed by atoms with Crippen LogP contribution in [0.4, 0.5) is 0 Å². The second kappa shape index (κ2) is 4.33. The molecule has 2 rings (SSSR count). The molecule has 0 unspecified atom stereocenters. The van der Waals surface area contributed by atoms with E-state index in [0.717, 1.165) is 16.1 Å². The van der Waals surface area contributed by atoms with Crippen LogP contribution in [-0.2, 0) is 0 Å². The van der Waals surface area contributed by atoms with Crippen LogP contribution in [0.3, 0.4) is 0 Å². The summed E-state index contributed by atoms with van der Waals surface area (Å²) in [6, 6.07) is 16.1. The molecule has 2 aromatic rings. The Morgan fingerprint density at radius 2 is 1.67 bits per heavy atom. The molecule has 0 fully saturated rings. The summed E-state index contributed by atoms with van der Waals surface area (Å²) in [5, 5.41) is 0.764. The van der Waals surface area contributed by atoms with Crippen LogP contribution in [-0.4, -0.2) is 0 Å². The highest BCUT2D eigenvalue weighted by atomic mass is 35.5. The normalized spacial score (nSPS) is 9.93. The van der Waals surface area contributed by atoms with E-state index >= 15 is 0 Å². The zero-order valence-electron chi connectivity index (χ0n) is 8.28. The summed E-state index contributed by atoms with van der Waals surface area (Å²) < 4.78 is 0. The summed E-state index contributed by atoms with van der Waals surface area (Å²) in [7, 11) is 0. The van der Waals surface area contributed by atoms with Gasteiger partial charge in [0.2, 0.25) is 0 Å². The number of rotatable bonds is 2. The summed E-state index contributed by atoms with van der Waals surface area (Å²) in [5.41, 5.74) is 3.43. The molecule has 0 aromatic heterocycles. The SMILES string of the molecule is C=Cc1ccc(-c2cccc(Cl)c2)cc1. The van der Waals surface area contributed by atoms with E-state index < -0.39 is 0 Å². The molecule has 0 spiro atoms. The molecule has 0 nitrogen and oxygen atoms in total. The maximum atomic E-state index is 5.94. The molecular formula is C14H11Cl. The Hall–Kier alpha value is -1.53. The van der Waals surface area contributed by atoms with Gasteiger partial charge in [-0.3, -0.25) is 0 Å². The fraction of sp³-hybridized carbons (Fsp3) is 0. The maximum absolute atomic E-state index is 5.94. The van der Waals surface area contributed by atoms with E-state index in [1.54, 1.807) is 0 Å². The number of hydrogen-bond donors (Lipinski definition) is 0. The fourth-order valence-electron chi connectivity index (χ4n) is 1.48. The molecule has 0 saturated carbocycles. The monoisotopic (exact) mass is 214 g/mol. The van der Waals surface area contributed by atoms with Crippen LogP contribution in [0.2, 0.25) is 5.02 Å². The van der Waals surface area contributed by atoms with Crippen LogP contribution < -0.4 is 0 Å². The first-order valence-electron chi connectivity index (χ1n) is 4.78. The van der Waals surface area contributed by atoms with E-state index in [-0.39, 0.29) is 0 Å². The predicted molar refractivity (Wildman–Crippen MR) is 67.0 cm³/mol. The van der Waals surface area contributed by atoms with Crippen molar-refractivity contribution < 1.29 is 0 Å². The molecule has 15 heavy (non-hydrogen) atoms. The highest BCUT2D eigenvalue weighted by Crippen LogP contribution is 2.23. The topological polar surface area (TPSA) is 0 Å². The maximum Gasteiger partial charge on any atom is 0.0412 e. The van der Waals surface area contributed by atoms with Crippen molar-refractivity contribution in [2.24, 2.45) is 0 Å². The molecule has 0 atom stereocenters. The molecule has 0 aliphatic heterocycles. The van der Waals surface area contributed by atoms with E-state index in [1.165, 1.54) is 5.56 Å². The van der Waals surface area contributed by atoms with Gasteiger partial charge in [-0.25, -0.2) is 0 Å². The van der Waals surface area contributed by atoms with Gasteiger partial charge >= 0.3 is 0 Å². The highest BCUT2D eigenvalue weighted by Gasteiger charge is 1.97. The van der Waals surface area contributed by atoms with Gasteiger partial charge in [-0.2, -0.15) is 0 Å². The molecule has 0 amide bonds. The van der Waals surface area contributed by atoms with Crippen LogP contribution in [0.25, 0.3) is 17.2 Å². The van der Waals surface area contributed by atoms with Crippen molar-refractivity contribution in [2.75, 3.05) is 0 Å². The Morgan fingerprint density at radius 3 is 2.27 bits per heavy atom. The minimum atomic E-state index is 0.764. The summed E-state index contributed by atoms with van der Waals surface area (Å²) >= 11 is 5.94. The van der Waals surface area contributed by atoms with E-state index in [2.05, 4.69) is 24.8 Å². The molecule has 0 bridgehead atoms. The van der Waals surface area contributed by atoms with Gasteiger partial charge in [-0.15, -0.1) is 0 Å². The molecule has 1 heteroatoms. The molecular weight excluding hydrogens is 204 g/mol. The number of halogens is 1. The van der Waals surface area contributed by atoms with E-state index in [4.69, 9.17) is 11.6 Å². The van der Waals surface area contributed by atoms with Crippen molar-refractivity contribution >= 4 is 17.7 Å². The van der Waals surface area contributed by atoms with Crippen molar-refractivity contribution in [2.45, 2.75) is 0 Å². The average Bonchev–Trinajstić information content (AvgIpc) is 2.29. The second-order valence-corrected chi connectivity index (χ2v) is 3.77. The molecule has 0 aliphatic carbocycles. The minimum absolute atomic E-state index is 0.764. The zero-order chi connectivity index (χ0) is 10.7. The summed E-state index contributed by atoms with van der Waals surface area (Å²) in [6.45, 7) is 3.73. The van der Waals surface area contributed by atoms with Crippen LogP contribution in [0.1, 0.15) is 5.56 Å². The lowest BCUT2D eigenvalue weighted by atomic mass is 10.0. The molecule has 2 aromatic carbocycles. The molecule has 74 valence electrons. The lowest BCUT2D eigenvalue weighted by Gasteiger charge is -2.02. The zero-order valence-corrected chi connectivity index (χ0v) is 9.04. The van der Waals surface area contributed by atoms with Gasteiger partial charge in [0, 0.05) is 5.02 Å². The number of hydrogen-bond acceptors (Lipinski definition) is 0. The van der Waals surface area contributed by atoms with Crippen molar-refractivity contribution in [1.29, 1.82) is 0 Å². The summed E-state index contributed by atoms with van der Waals surface area (Å²) in [6.07, 6.45) is 1.84. The van der Waals surface area contributed by atoms with Gasteiger partial charge in [-0.1, -0.05) is 60.7 Å². The van der Waals surface area contributed by atoms with Crippen molar-refractivity contribution in [1.82, 2.24) is 0 Å². The fourth-order valence-corrected chi connectivity index (χ4v) is 1.67. The largest absolute Gasteiger partial charge is 0.0985 e. The molecule has 0 heterocycles. The Labute approximate surface area is 94.8 Å². The Kier molecular flexibility index (Phi) is 2.89. The molecule has 0 saturated heterocycles. The predicted octanol–water partition coefficient (Wildman–Crippen LogP) is 4.65. The second-order valence-electron chi connectivity index (χ2n) is 3.34. The van der Waals surface area contributed by atoms with Gasteiger partial charge in [0.05, 0.1) is 0 Å². The van der Waals surface area contributed by atoms with Crippen LogP contribution in [0.15, 0.2) is 55.1 Å². The van der Waals surface area contributed by atoms with Gasteiger partial charge in [0.1, 0.15) is 0 Å². The van der Waals surface area contributed by atoms with Gasteiger partial charge in [-0.05, 0) is 28.8 Å². The Bertz CT molecular complexity index is 469. The van der Waals surface area contributed by atoms with E-state index in [1.807, 2.05) is 36.4 Å². The Balaban J connectivity index is 2.41. The third-order valence-electron chi connectivity index (χ3n) is 2.30. The van der Waals surface area contributed by atoms with Crippen molar-refractivity contribution in [3.63, 3.8) is 0 Å². The lowest BCUT2D eigenvalue weighted by Crippen LogP contribution is -1.78. The van der Waals surface area contributed by atoms with E-state index in [0.29, 0.717) is 0 Å². The summed E-state index contributed by atoms with van der Waals surface area (Å²) in [4.78, 5) is 0. The van der Waals surface area contributed by atoms with Crippen molar-refractivity contribution in [3.8, 4) is 11.1 Å². The minimum Gasteiger partial charge on any atom is -0.0985 e. The summed E-state index contributed by atoms with van der Waals surface area (Å²) in [5.74, 6) is 0. The van der Waals surface area contributed by atoms with Gasteiger partial charge in [0.25, 0.3) is 0 Å². The molecule has 0 radical (unpaired) electrons. The van der Waals surface area contributed by atoms with Crippen LogP contribution in [0.5, 0.6) is 0 Å². The first-order valence-corrected chi connectivity index (χ1v) is 5.16. The Morgan fingerprint density at radius 1 is 0.933 bits per heavy atom.